The molecule has 0 aliphatic heterocycles. The second kappa shape index (κ2) is 7.90. The van der Waals surface area contributed by atoms with Gasteiger partial charge < -0.3 is 10.6 Å². The highest BCUT2D eigenvalue weighted by Crippen LogP contribution is 2.10. The zero-order chi connectivity index (χ0) is 15.1. The largest absolute Gasteiger partial charge is 0.352 e. The maximum atomic E-state index is 12.3. The molecule has 2 N–H and O–H groups in total. The summed E-state index contributed by atoms with van der Waals surface area (Å²) in [5.74, 6) is -0.00588. The van der Waals surface area contributed by atoms with Crippen LogP contribution in [0.4, 0.5) is 0 Å². The zero-order valence-corrected chi connectivity index (χ0v) is 13.3. The number of aromatic nitrogens is 1. The first-order chi connectivity index (χ1) is 10.2. The van der Waals surface area contributed by atoms with Crippen LogP contribution >= 0.6 is 11.3 Å². The topological polar surface area (TPSA) is 54.0 Å². The molecular formula is C16H21N3OS. The number of nitrogens with one attached hydrogen (secondary N) is 2. The number of thiazole rings is 1. The molecule has 4 nitrogen and oxygen atoms in total. The monoisotopic (exact) mass is 303 g/mol. The van der Waals surface area contributed by atoms with Crippen molar-refractivity contribution in [1.29, 1.82) is 0 Å². The van der Waals surface area contributed by atoms with Crippen molar-refractivity contribution in [3.05, 3.63) is 51.5 Å². The number of carbonyl (C=O) groups is 1. The fourth-order valence-electron chi connectivity index (χ4n) is 2.14. The first-order valence-corrected chi connectivity index (χ1v) is 8.00. The summed E-state index contributed by atoms with van der Waals surface area (Å²) in [6, 6.07) is 7.77. The molecule has 1 amide bonds. The first-order valence-electron chi connectivity index (χ1n) is 7.12. The molecule has 0 atom stereocenters. The molecular weight excluding hydrogens is 282 g/mol. The molecule has 5 heteroatoms. The summed E-state index contributed by atoms with van der Waals surface area (Å²) >= 11 is 1.64. The van der Waals surface area contributed by atoms with Crippen molar-refractivity contribution in [2.75, 3.05) is 20.1 Å². The molecule has 0 spiro atoms. The van der Waals surface area contributed by atoms with Gasteiger partial charge in [-0.15, -0.1) is 11.3 Å². The molecule has 2 aromatic rings. The second-order valence-electron chi connectivity index (χ2n) is 4.87. The Labute approximate surface area is 129 Å². The predicted octanol–water partition coefficient (Wildman–Crippen LogP) is 2.19. The lowest BCUT2D eigenvalue weighted by Crippen LogP contribution is -2.27. The number of amides is 1. The Bertz CT molecular complexity index is 595. The van der Waals surface area contributed by atoms with E-state index in [2.05, 4.69) is 15.6 Å². The van der Waals surface area contributed by atoms with Gasteiger partial charge in [-0.3, -0.25) is 4.79 Å². The third-order valence-corrected chi connectivity index (χ3v) is 4.06. The van der Waals surface area contributed by atoms with Crippen LogP contribution in [0.3, 0.4) is 0 Å². The fraction of sp³-hybridized carbons (Fsp3) is 0.375. The third-order valence-electron chi connectivity index (χ3n) is 3.24. The lowest BCUT2D eigenvalue weighted by Gasteiger charge is -2.09. The molecule has 0 aliphatic carbocycles. The summed E-state index contributed by atoms with van der Waals surface area (Å²) in [7, 11) is 1.92. The molecule has 0 saturated carbocycles. The molecule has 1 aromatic carbocycles. The number of rotatable bonds is 7. The maximum absolute atomic E-state index is 12.3. The van der Waals surface area contributed by atoms with Gasteiger partial charge in [0, 0.05) is 23.9 Å². The number of benzene rings is 1. The van der Waals surface area contributed by atoms with Crippen LogP contribution in [0.25, 0.3) is 0 Å². The number of carbonyl (C=O) groups excluding carboxylic acids is 1. The SMILES string of the molecule is CNCCc1ccccc1C(=O)NCCc1csc(C)n1. The quantitative estimate of drug-likeness (QED) is 0.824. The molecule has 0 unspecified atom stereocenters. The van der Waals surface area contributed by atoms with E-state index >= 15 is 0 Å². The first kappa shape index (κ1) is 15.7. The number of nitrogens with zero attached hydrogens (tertiary/aromatic N) is 1. The highest BCUT2D eigenvalue weighted by Gasteiger charge is 2.10. The normalized spacial score (nSPS) is 10.6. The highest BCUT2D eigenvalue weighted by molar-refractivity contribution is 7.09. The van der Waals surface area contributed by atoms with Crippen molar-refractivity contribution < 1.29 is 4.79 Å². The zero-order valence-electron chi connectivity index (χ0n) is 12.5. The lowest BCUT2D eigenvalue weighted by atomic mass is 10.0. The Balaban J connectivity index is 1.90. The molecule has 0 aliphatic rings. The van der Waals surface area contributed by atoms with Gasteiger partial charge >= 0.3 is 0 Å². The summed E-state index contributed by atoms with van der Waals surface area (Å²) in [4.78, 5) is 16.7. The number of hydrogen-bond donors (Lipinski definition) is 2. The third kappa shape index (κ3) is 4.65. The Kier molecular flexibility index (Phi) is 5.90. The molecule has 21 heavy (non-hydrogen) atoms. The van der Waals surface area contributed by atoms with E-state index in [9.17, 15) is 4.79 Å². The Morgan fingerprint density at radius 2 is 2.05 bits per heavy atom. The molecule has 1 aromatic heterocycles. The van der Waals surface area contributed by atoms with Gasteiger partial charge in [0.1, 0.15) is 0 Å². The van der Waals surface area contributed by atoms with E-state index in [0.717, 1.165) is 41.2 Å². The van der Waals surface area contributed by atoms with Crippen LogP contribution in [0.2, 0.25) is 0 Å². The van der Waals surface area contributed by atoms with E-state index < -0.39 is 0 Å². The van der Waals surface area contributed by atoms with Gasteiger partial charge in [-0.2, -0.15) is 0 Å². The van der Waals surface area contributed by atoms with Gasteiger partial charge in [0.2, 0.25) is 0 Å². The second-order valence-corrected chi connectivity index (χ2v) is 5.94. The number of hydrogen-bond acceptors (Lipinski definition) is 4. The van der Waals surface area contributed by atoms with Crippen LogP contribution in [-0.2, 0) is 12.8 Å². The summed E-state index contributed by atoms with van der Waals surface area (Å²) < 4.78 is 0. The lowest BCUT2D eigenvalue weighted by molar-refractivity contribution is 0.0953. The van der Waals surface area contributed by atoms with E-state index in [1.165, 1.54) is 0 Å². The minimum atomic E-state index is -0.00588. The molecule has 0 bridgehead atoms. The minimum Gasteiger partial charge on any atom is -0.352 e. The van der Waals surface area contributed by atoms with E-state index in [1.807, 2.05) is 43.6 Å². The van der Waals surface area contributed by atoms with Gasteiger partial charge in [0.05, 0.1) is 10.7 Å². The molecule has 112 valence electrons. The summed E-state index contributed by atoms with van der Waals surface area (Å²) in [5, 5.41) is 9.20. The maximum Gasteiger partial charge on any atom is 0.251 e. The highest BCUT2D eigenvalue weighted by atomic mass is 32.1. The van der Waals surface area contributed by atoms with E-state index in [4.69, 9.17) is 0 Å². The fourth-order valence-corrected chi connectivity index (χ4v) is 2.79. The molecule has 0 radical (unpaired) electrons. The van der Waals surface area contributed by atoms with Crippen LogP contribution < -0.4 is 10.6 Å². The smallest absolute Gasteiger partial charge is 0.251 e. The van der Waals surface area contributed by atoms with Gasteiger partial charge in [0.25, 0.3) is 5.91 Å². The predicted molar refractivity (Wildman–Crippen MR) is 87.0 cm³/mol. The summed E-state index contributed by atoms with van der Waals surface area (Å²) in [6.07, 6.45) is 1.63. The van der Waals surface area contributed by atoms with Crippen molar-refractivity contribution in [1.82, 2.24) is 15.6 Å². The molecule has 1 heterocycles. The van der Waals surface area contributed by atoms with Crippen molar-refractivity contribution in [3.8, 4) is 0 Å². The molecule has 0 fully saturated rings. The van der Waals surface area contributed by atoms with Crippen molar-refractivity contribution in [2.24, 2.45) is 0 Å². The van der Waals surface area contributed by atoms with Crippen molar-refractivity contribution in [3.63, 3.8) is 0 Å². The van der Waals surface area contributed by atoms with Crippen molar-refractivity contribution >= 4 is 17.2 Å². The van der Waals surface area contributed by atoms with E-state index in [1.54, 1.807) is 11.3 Å². The van der Waals surface area contributed by atoms with Gasteiger partial charge in [0.15, 0.2) is 0 Å². The number of aryl methyl sites for hydroxylation is 1. The number of likely N-dealkylation sites (N-methyl/N-ethyl adjacent to an activating group) is 1. The van der Waals surface area contributed by atoms with Crippen molar-refractivity contribution in [2.45, 2.75) is 19.8 Å². The van der Waals surface area contributed by atoms with Crippen LogP contribution in [0.5, 0.6) is 0 Å². The van der Waals surface area contributed by atoms with Crippen LogP contribution in [0.15, 0.2) is 29.6 Å². The summed E-state index contributed by atoms with van der Waals surface area (Å²) in [6.45, 7) is 3.47. The van der Waals surface area contributed by atoms with Crippen LogP contribution in [-0.4, -0.2) is 31.0 Å². The standard InChI is InChI=1S/C16H21N3OS/c1-12-19-14(11-21-12)8-10-18-16(20)15-6-4-3-5-13(15)7-9-17-2/h3-6,11,17H,7-10H2,1-2H3,(H,18,20). The van der Waals surface area contributed by atoms with Gasteiger partial charge in [-0.25, -0.2) is 4.98 Å². The molecule has 0 saturated heterocycles. The Morgan fingerprint density at radius 1 is 1.24 bits per heavy atom. The Hall–Kier alpha value is -1.72. The Morgan fingerprint density at radius 3 is 2.76 bits per heavy atom. The average Bonchev–Trinajstić information content (AvgIpc) is 2.91. The minimum absolute atomic E-state index is 0.00588. The summed E-state index contributed by atoms with van der Waals surface area (Å²) in [5.41, 5.74) is 2.89. The molecule has 2 rings (SSSR count). The van der Waals surface area contributed by atoms with Gasteiger partial charge in [-0.05, 0) is 38.6 Å². The van der Waals surface area contributed by atoms with E-state index in [-0.39, 0.29) is 5.91 Å². The van der Waals surface area contributed by atoms with Crippen LogP contribution in [0.1, 0.15) is 26.6 Å². The van der Waals surface area contributed by atoms with Crippen LogP contribution in [0, 0.1) is 6.92 Å². The van der Waals surface area contributed by atoms with Gasteiger partial charge in [-0.1, -0.05) is 18.2 Å². The van der Waals surface area contributed by atoms with E-state index in [0.29, 0.717) is 6.54 Å². The average molecular weight is 303 g/mol.